The molecule has 0 saturated carbocycles. The maximum atomic E-state index is 12.0. The Morgan fingerprint density at radius 1 is 1.45 bits per heavy atom. The van der Waals surface area contributed by atoms with Crippen molar-refractivity contribution in [3.05, 3.63) is 40.3 Å². The number of nitrogens with zero attached hydrogens (tertiary/aromatic N) is 1. The summed E-state index contributed by atoms with van der Waals surface area (Å²) in [4.78, 5) is 14.6. The number of aromatic carboxylic acids is 1. The van der Waals surface area contributed by atoms with Gasteiger partial charge in [0.15, 0.2) is 0 Å². The van der Waals surface area contributed by atoms with Crippen LogP contribution in [0.2, 0.25) is 0 Å². The van der Waals surface area contributed by atoms with Crippen molar-refractivity contribution < 1.29 is 22.7 Å². The van der Waals surface area contributed by atoms with Gasteiger partial charge in [0.25, 0.3) is 10.0 Å². The number of anilines is 1. The number of furan rings is 1. The third-order valence-corrected chi connectivity index (χ3v) is 4.41. The molecule has 2 aromatic rings. The van der Waals surface area contributed by atoms with Gasteiger partial charge in [0, 0.05) is 0 Å². The van der Waals surface area contributed by atoms with E-state index in [0.717, 1.165) is 17.7 Å². The number of hydrogen-bond acceptors (Lipinski definition) is 5. The van der Waals surface area contributed by atoms with Crippen LogP contribution in [0, 0.1) is 6.92 Å². The zero-order valence-electron chi connectivity index (χ0n) is 10.1. The van der Waals surface area contributed by atoms with Gasteiger partial charge in [-0.3, -0.25) is 4.72 Å². The largest absolute Gasteiger partial charge is 0.475 e. The summed E-state index contributed by atoms with van der Waals surface area (Å²) >= 11 is 3.20. The first-order valence-corrected chi connectivity index (χ1v) is 7.55. The summed E-state index contributed by atoms with van der Waals surface area (Å²) < 4.78 is 31.6. The Bertz CT molecular complexity index is 769. The average molecular weight is 361 g/mol. The van der Waals surface area contributed by atoms with Crippen molar-refractivity contribution in [2.75, 3.05) is 4.72 Å². The van der Waals surface area contributed by atoms with E-state index in [-0.39, 0.29) is 5.69 Å². The molecule has 0 fully saturated rings. The lowest BCUT2D eigenvalue weighted by molar-refractivity contribution is 0.0656. The number of carboxylic acids is 1. The van der Waals surface area contributed by atoms with Crippen LogP contribution in [-0.4, -0.2) is 24.5 Å². The first-order chi connectivity index (χ1) is 9.29. The molecule has 9 heteroatoms. The van der Waals surface area contributed by atoms with Gasteiger partial charge in [-0.1, -0.05) is 0 Å². The lowest BCUT2D eigenvalue weighted by Gasteiger charge is -2.06. The standard InChI is InChI=1S/C11H9BrN2O5S/c1-6-4-7(5-13-10(6)12)14-20(17,18)9-3-2-8(19-9)11(15)16/h2-5,14H,1H3,(H,15,16). The van der Waals surface area contributed by atoms with Gasteiger partial charge >= 0.3 is 5.97 Å². The summed E-state index contributed by atoms with van der Waals surface area (Å²) in [7, 11) is -3.99. The molecule has 0 aliphatic carbocycles. The van der Waals surface area contributed by atoms with Crippen LogP contribution in [0.25, 0.3) is 0 Å². The Labute approximate surface area is 122 Å². The lowest BCUT2D eigenvalue weighted by Crippen LogP contribution is -2.12. The molecule has 0 aliphatic rings. The smallest absolute Gasteiger partial charge is 0.371 e. The van der Waals surface area contributed by atoms with E-state index in [9.17, 15) is 13.2 Å². The maximum Gasteiger partial charge on any atom is 0.371 e. The van der Waals surface area contributed by atoms with Crippen molar-refractivity contribution in [3.63, 3.8) is 0 Å². The van der Waals surface area contributed by atoms with Gasteiger partial charge in [0.1, 0.15) is 4.60 Å². The van der Waals surface area contributed by atoms with E-state index in [1.54, 1.807) is 13.0 Å². The van der Waals surface area contributed by atoms with Crippen molar-refractivity contribution in [2.24, 2.45) is 0 Å². The molecule has 2 N–H and O–H groups in total. The van der Waals surface area contributed by atoms with E-state index < -0.39 is 26.8 Å². The Balaban J connectivity index is 2.30. The number of rotatable bonds is 4. The fourth-order valence-electron chi connectivity index (χ4n) is 1.40. The van der Waals surface area contributed by atoms with Crippen LogP contribution in [0.5, 0.6) is 0 Å². The maximum absolute atomic E-state index is 12.0. The summed E-state index contributed by atoms with van der Waals surface area (Å²) in [6.45, 7) is 1.75. The number of pyridine rings is 1. The molecular formula is C11H9BrN2O5S. The van der Waals surface area contributed by atoms with Gasteiger partial charge in [-0.15, -0.1) is 0 Å². The van der Waals surface area contributed by atoms with Gasteiger partial charge < -0.3 is 9.52 Å². The van der Waals surface area contributed by atoms with Crippen LogP contribution in [0.15, 0.2) is 38.5 Å². The molecule has 0 radical (unpaired) electrons. The monoisotopic (exact) mass is 360 g/mol. The minimum Gasteiger partial charge on any atom is -0.475 e. The van der Waals surface area contributed by atoms with Crippen LogP contribution in [0.4, 0.5) is 5.69 Å². The Hall–Kier alpha value is -1.87. The lowest BCUT2D eigenvalue weighted by atomic mass is 10.3. The van der Waals surface area contributed by atoms with Crippen molar-refractivity contribution in [2.45, 2.75) is 12.0 Å². The molecule has 2 aromatic heterocycles. The van der Waals surface area contributed by atoms with E-state index in [1.807, 2.05) is 0 Å². The highest BCUT2D eigenvalue weighted by molar-refractivity contribution is 9.10. The van der Waals surface area contributed by atoms with Crippen LogP contribution in [0.1, 0.15) is 16.1 Å². The SMILES string of the molecule is Cc1cc(NS(=O)(=O)c2ccc(C(=O)O)o2)cnc1Br. The molecule has 0 bridgehead atoms. The van der Waals surface area contributed by atoms with Gasteiger partial charge in [-0.25, -0.2) is 9.78 Å². The summed E-state index contributed by atoms with van der Waals surface area (Å²) in [5.41, 5.74) is 0.995. The zero-order valence-corrected chi connectivity index (χ0v) is 12.5. The molecule has 7 nitrogen and oxygen atoms in total. The molecule has 0 saturated heterocycles. The van der Waals surface area contributed by atoms with E-state index >= 15 is 0 Å². The second kappa shape index (κ2) is 5.25. The summed E-state index contributed by atoms with van der Waals surface area (Å²) in [6, 6.07) is 3.72. The molecule has 2 rings (SSSR count). The molecule has 2 heterocycles. The Kier molecular flexibility index (Phi) is 3.82. The predicted molar refractivity (Wildman–Crippen MR) is 73.1 cm³/mol. The van der Waals surface area contributed by atoms with E-state index in [0.29, 0.717) is 4.60 Å². The number of carbonyl (C=O) groups is 1. The molecule has 0 spiro atoms. The second-order valence-corrected chi connectivity index (χ2v) is 6.23. The van der Waals surface area contributed by atoms with Crippen molar-refractivity contribution in [1.82, 2.24) is 4.98 Å². The molecule has 0 atom stereocenters. The quantitative estimate of drug-likeness (QED) is 0.809. The normalized spacial score (nSPS) is 11.3. The van der Waals surface area contributed by atoms with Gasteiger partial charge in [0.05, 0.1) is 11.9 Å². The second-order valence-electron chi connectivity index (χ2n) is 3.86. The highest BCUT2D eigenvalue weighted by Gasteiger charge is 2.21. The highest BCUT2D eigenvalue weighted by atomic mass is 79.9. The number of halogens is 1. The van der Waals surface area contributed by atoms with Crippen molar-refractivity contribution in [3.8, 4) is 0 Å². The minimum absolute atomic E-state index is 0.249. The highest BCUT2D eigenvalue weighted by Crippen LogP contribution is 2.21. The zero-order chi connectivity index (χ0) is 14.9. The molecule has 0 amide bonds. The molecule has 0 unspecified atom stereocenters. The topological polar surface area (TPSA) is 110 Å². The average Bonchev–Trinajstić information content (AvgIpc) is 2.84. The third kappa shape index (κ3) is 2.99. The summed E-state index contributed by atoms with van der Waals surface area (Å²) in [5.74, 6) is -1.79. The fraction of sp³-hybridized carbons (Fsp3) is 0.0909. The predicted octanol–water partition coefficient (Wildman–Crippen LogP) is 2.24. The number of hydrogen-bond donors (Lipinski definition) is 2. The number of aryl methyl sites for hydroxylation is 1. The van der Waals surface area contributed by atoms with Gasteiger partial charge in [-0.05, 0) is 46.6 Å². The number of sulfonamides is 1. The van der Waals surface area contributed by atoms with Crippen molar-refractivity contribution >= 4 is 37.6 Å². The molecule has 20 heavy (non-hydrogen) atoms. The number of aromatic nitrogens is 1. The number of carboxylic acid groups (broad SMARTS) is 1. The van der Waals surface area contributed by atoms with Gasteiger partial charge in [0.2, 0.25) is 10.9 Å². The van der Waals surface area contributed by atoms with Crippen LogP contribution >= 0.6 is 15.9 Å². The minimum atomic E-state index is -3.99. The number of nitrogens with one attached hydrogen (secondary N) is 1. The first kappa shape index (κ1) is 14.5. The van der Waals surface area contributed by atoms with Crippen molar-refractivity contribution in [1.29, 1.82) is 0 Å². The first-order valence-electron chi connectivity index (χ1n) is 5.28. The van der Waals surface area contributed by atoms with Gasteiger partial charge in [-0.2, -0.15) is 8.42 Å². The summed E-state index contributed by atoms with van der Waals surface area (Å²) in [5, 5.41) is 8.22. The van der Waals surface area contributed by atoms with Crippen LogP contribution in [-0.2, 0) is 10.0 Å². The van der Waals surface area contributed by atoms with E-state index in [1.165, 1.54) is 6.20 Å². The Morgan fingerprint density at radius 3 is 2.70 bits per heavy atom. The molecular weight excluding hydrogens is 352 g/mol. The van der Waals surface area contributed by atoms with Crippen LogP contribution in [0.3, 0.4) is 0 Å². The molecule has 106 valence electrons. The molecule has 0 aromatic carbocycles. The van der Waals surface area contributed by atoms with E-state index in [2.05, 4.69) is 25.6 Å². The van der Waals surface area contributed by atoms with E-state index in [4.69, 9.17) is 9.52 Å². The Morgan fingerprint density at radius 2 is 2.15 bits per heavy atom. The fourth-order valence-corrected chi connectivity index (χ4v) is 2.58. The summed E-state index contributed by atoms with van der Waals surface area (Å²) in [6.07, 6.45) is 1.33. The van der Waals surface area contributed by atoms with Crippen LogP contribution < -0.4 is 4.72 Å². The molecule has 0 aliphatic heterocycles. The third-order valence-electron chi connectivity index (χ3n) is 2.32.